The van der Waals surface area contributed by atoms with Gasteiger partial charge in [0.2, 0.25) is 0 Å². The van der Waals surface area contributed by atoms with Gasteiger partial charge in [0.1, 0.15) is 0 Å². The van der Waals surface area contributed by atoms with Crippen LogP contribution in [0.3, 0.4) is 0 Å². The Morgan fingerprint density at radius 3 is 0.846 bits per heavy atom. The van der Waals surface area contributed by atoms with Crippen LogP contribution in [0.5, 0.6) is 0 Å². The molecule has 0 fully saturated rings. The van der Waals surface area contributed by atoms with E-state index in [0.29, 0.717) is 0 Å². The molecule has 13 heavy (non-hydrogen) atoms. The van der Waals surface area contributed by atoms with Crippen LogP contribution in [0, 0.1) is 14.9 Å². The first kappa shape index (κ1) is 18.1. The van der Waals surface area contributed by atoms with Crippen molar-refractivity contribution in [3.8, 4) is 0 Å². The standard InChI is InChI=1S/2C4H4O.2CH3.Ir/c2*1-2-4-5-3-1;;;/h2*1-4H;2*1H3;/q;;2*-1;. The van der Waals surface area contributed by atoms with Gasteiger partial charge in [0.25, 0.3) is 0 Å². The molecule has 0 saturated heterocycles. The quantitative estimate of drug-likeness (QED) is 0.674. The van der Waals surface area contributed by atoms with Crippen molar-refractivity contribution < 1.29 is 28.9 Å². The summed E-state index contributed by atoms with van der Waals surface area (Å²) in [7, 11) is 0. The van der Waals surface area contributed by atoms with E-state index in [1.54, 1.807) is 25.1 Å². The van der Waals surface area contributed by atoms with Gasteiger partial charge in [0, 0.05) is 20.1 Å². The van der Waals surface area contributed by atoms with E-state index in [-0.39, 0.29) is 35.0 Å². The molecule has 3 heteroatoms. The molecule has 2 nitrogen and oxygen atoms in total. The van der Waals surface area contributed by atoms with Crippen molar-refractivity contribution in [2.24, 2.45) is 0 Å². The van der Waals surface area contributed by atoms with Crippen LogP contribution in [-0.2, 0) is 20.1 Å². The van der Waals surface area contributed by atoms with E-state index in [0.717, 1.165) is 0 Å². The summed E-state index contributed by atoms with van der Waals surface area (Å²) in [6.45, 7) is 0. The molecule has 2 heterocycles. The van der Waals surface area contributed by atoms with Gasteiger partial charge in [-0.1, -0.05) is 0 Å². The Kier molecular flexibility index (Phi) is 19.2. The van der Waals surface area contributed by atoms with Gasteiger partial charge < -0.3 is 23.7 Å². The molecule has 77 valence electrons. The van der Waals surface area contributed by atoms with Crippen LogP contribution in [0.4, 0.5) is 0 Å². The summed E-state index contributed by atoms with van der Waals surface area (Å²) >= 11 is 0. The van der Waals surface area contributed by atoms with Gasteiger partial charge in [-0.2, -0.15) is 0 Å². The summed E-state index contributed by atoms with van der Waals surface area (Å²) in [5, 5.41) is 0. The Labute approximate surface area is 93.3 Å². The van der Waals surface area contributed by atoms with Crippen molar-refractivity contribution in [1.29, 1.82) is 0 Å². The second-order valence-corrected chi connectivity index (χ2v) is 1.59. The Balaban J connectivity index is -0.000000125. The Hall–Kier alpha value is -0.791. The fraction of sp³-hybridized carbons (Fsp3) is 0. The van der Waals surface area contributed by atoms with E-state index < -0.39 is 0 Å². The van der Waals surface area contributed by atoms with Gasteiger partial charge in [-0.05, 0) is 24.3 Å². The monoisotopic (exact) mass is 359 g/mol. The van der Waals surface area contributed by atoms with E-state index in [1.165, 1.54) is 0 Å². The molecular formula is C10H14IrO2-2. The summed E-state index contributed by atoms with van der Waals surface area (Å²) in [5.74, 6) is 0. The first-order chi connectivity index (χ1) is 5.00. The van der Waals surface area contributed by atoms with Crippen LogP contribution in [0.1, 0.15) is 0 Å². The molecule has 0 atom stereocenters. The molecule has 0 aliphatic rings. The average molecular weight is 358 g/mol. The maximum Gasteiger partial charge on any atom is 0.0902 e. The van der Waals surface area contributed by atoms with Gasteiger partial charge in [0.15, 0.2) is 0 Å². The van der Waals surface area contributed by atoms with E-state index in [2.05, 4.69) is 8.83 Å². The predicted molar refractivity (Wildman–Crippen MR) is 50.2 cm³/mol. The van der Waals surface area contributed by atoms with Crippen molar-refractivity contribution in [2.45, 2.75) is 0 Å². The summed E-state index contributed by atoms with van der Waals surface area (Å²) in [6.07, 6.45) is 6.50. The van der Waals surface area contributed by atoms with Crippen molar-refractivity contribution in [3.05, 3.63) is 64.2 Å². The zero-order valence-corrected chi connectivity index (χ0v) is 10.2. The third-order valence-corrected chi connectivity index (χ3v) is 0.851. The summed E-state index contributed by atoms with van der Waals surface area (Å²) in [6, 6.07) is 7.33. The van der Waals surface area contributed by atoms with Gasteiger partial charge in [-0.15, -0.1) is 0 Å². The van der Waals surface area contributed by atoms with Crippen LogP contribution >= 0.6 is 0 Å². The molecule has 2 rings (SSSR count). The zero-order valence-electron chi connectivity index (χ0n) is 7.77. The number of hydrogen-bond acceptors (Lipinski definition) is 2. The minimum atomic E-state index is 0. The maximum absolute atomic E-state index is 4.58. The normalized spacial score (nSPS) is 6.15. The van der Waals surface area contributed by atoms with Gasteiger partial charge >= 0.3 is 0 Å². The first-order valence-corrected chi connectivity index (χ1v) is 2.94. The Morgan fingerprint density at radius 1 is 0.538 bits per heavy atom. The number of rotatable bonds is 0. The summed E-state index contributed by atoms with van der Waals surface area (Å²) in [5.41, 5.74) is 0. The molecule has 2 aromatic heterocycles. The molecule has 0 unspecified atom stereocenters. The van der Waals surface area contributed by atoms with Gasteiger partial charge in [0.05, 0.1) is 25.1 Å². The average Bonchev–Trinajstić information content (AvgIpc) is 2.67. The van der Waals surface area contributed by atoms with E-state index >= 15 is 0 Å². The predicted octanol–water partition coefficient (Wildman–Crippen LogP) is 3.46. The number of hydrogen-bond donors (Lipinski definition) is 0. The topological polar surface area (TPSA) is 26.3 Å². The van der Waals surface area contributed by atoms with E-state index in [1.807, 2.05) is 24.3 Å². The van der Waals surface area contributed by atoms with Crippen LogP contribution < -0.4 is 0 Å². The minimum Gasteiger partial charge on any atom is -0.473 e. The number of furan rings is 2. The van der Waals surface area contributed by atoms with Gasteiger partial charge in [-0.3, -0.25) is 0 Å². The third kappa shape index (κ3) is 11.2. The molecule has 0 aromatic carbocycles. The van der Waals surface area contributed by atoms with Crippen molar-refractivity contribution in [1.82, 2.24) is 0 Å². The molecule has 0 N–H and O–H groups in total. The molecule has 0 spiro atoms. The van der Waals surface area contributed by atoms with Crippen molar-refractivity contribution >= 4 is 0 Å². The molecule has 0 aliphatic heterocycles. The largest absolute Gasteiger partial charge is 0.473 e. The SMILES string of the molecule is [CH3-].[CH3-].[Ir].c1ccoc1.c1ccoc1. The van der Waals surface area contributed by atoms with Crippen LogP contribution in [0.15, 0.2) is 58.2 Å². The smallest absolute Gasteiger partial charge is 0.0902 e. The maximum atomic E-state index is 4.58. The van der Waals surface area contributed by atoms with Crippen LogP contribution in [-0.4, -0.2) is 0 Å². The summed E-state index contributed by atoms with van der Waals surface area (Å²) < 4.78 is 9.17. The second kappa shape index (κ2) is 13.8. The molecule has 2 aromatic rings. The Bertz CT molecular complexity index is 152. The van der Waals surface area contributed by atoms with Crippen LogP contribution in [0.25, 0.3) is 0 Å². The van der Waals surface area contributed by atoms with Gasteiger partial charge in [-0.25, -0.2) is 0 Å². The molecule has 0 amide bonds. The molecule has 0 aliphatic carbocycles. The van der Waals surface area contributed by atoms with Crippen LogP contribution in [0.2, 0.25) is 0 Å². The fourth-order valence-corrected chi connectivity index (χ4v) is 0.454. The van der Waals surface area contributed by atoms with Crippen molar-refractivity contribution in [3.63, 3.8) is 0 Å². The van der Waals surface area contributed by atoms with Crippen molar-refractivity contribution in [2.75, 3.05) is 0 Å². The van der Waals surface area contributed by atoms with E-state index in [4.69, 9.17) is 0 Å². The minimum absolute atomic E-state index is 0. The first-order valence-electron chi connectivity index (χ1n) is 2.94. The molecular weight excluding hydrogens is 344 g/mol. The van der Waals surface area contributed by atoms with E-state index in [9.17, 15) is 0 Å². The fourth-order valence-electron chi connectivity index (χ4n) is 0.454. The molecule has 1 radical (unpaired) electrons. The summed E-state index contributed by atoms with van der Waals surface area (Å²) in [4.78, 5) is 0. The Morgan fingerprint density at radius 2 is 0.769 bits per heavy atom. The molecule has 0 bridgehead atoms. The zero-order chi connectivity index (χ0) is 7.07. The third-order valence-electron chi connectivity index (χ3n) is 0.851. The second-order valence-electron chi connectivity index (χ2n) is 1.59. The molecule has 0 saturated carbocycles.